The van der Waals surface area contributed by atoms with Crippen LogP contribution >= 0.6 is 0 Å². The third kappa shape index (κ3) is 3.01. The standard InChI is InChI=1S/C20H16F3NO3S/c1-12-2-5-15(6-3-12)28(26,27)24-10-18(16-8-13(16)11-25)17-9-14(20(21,22)23)4-7-19(17)24/h2-7,9-11,13,16H,8H2,1H3. The van der Waals surface area contributed by atoms with E-state index in [0.717, 1.165) is 28.0 Å². The maximum atomic E-state index is 13.2. The minimum absolute atomic E-state index is 0.0455. The number of halogens is 3. The third-order valence-corrected chi connectivity index (χ3v) is 6.81. The van der Waals surface area contributed by atoms with Crippen molar-refractivity contribution in [3.05, 3.63) is 65.4 Å². The number of aromatic nitrogens is 1. The van der Waals surface area contributed by atoms with Crippen LogP contribution in [-0.4, -0.2) is 18.7 Å². The molecule has 0 radical (unpaired) electrons. The lowest BCUT2D eigenvalue weighted by Gasteiger charge is -2.09. The molecule has 1 heterocycles. The van der Waals surface area contributed by atoms with Gasteiger partial charge in [0.25, 0.3) is 10.0 Å². The molecule has 2 atom stereocenters. The average Bonchev–Trinajstić information content (AvgIpc) is 3.32. The van der Waals surface area contributed by atoms with Crippen LogP contribution in [0, 0.1) is 12.8 Å². The molecular weight excluding hydrogens is 391 g/mol. The molecule has 1 fully saturated rings. The second-order valence-corrected chi connectivity index (χ2v) is 8.89. The average molecular weight is 407 g/mol. The molecule has 4 rings (SSSR count). The van der Waals surface area contributed by atoms with E-state index < -0.39 is 21.8 Å². The first-order valence-electron chi connectivity index (χ1n) is 8.62. The van der Waals surface area contributed by atoms with Gasteiger partial charge in [0.15, 0.2) is 0 Å². The summed E-state index contributed by atoms with van der Waals surface area (Å²) >= 11 is 0. The number of benzene rings is 2. The van der Waals surface area contributed by atoms with Crippen LogP contribution in [0.1, 0.15) is 29.0 Å². The Morgan fingerprint density at radius 3 is 2.36 bits per heavy atom. The molecule has 2 unspecified atom stereocenters. The SMILES string of the molecule is Cc1ccc(S(=O)(=O)n2cc(C3CC3C=O)c3cc(C(F)(F)F)ccc32)cc1. The van der Waals surface area contributed by atoms with Gasteiger partial charge < -0.3 is 4.79 Å². The van der Waals surface area contributed by atoms with E-state index in [2.05, 4.69) is 0 Å². The lowest BCUT2D eigenvalue weighted by atomic mass is 10.1. The number of alkyl halides is 3. The minimum atomic E-state index is -4.54. The lowest BCUT2D eigenvalue weighted by molar-refractivity contribution is -0.137. The molecule has 4 nitrogen and oxygen atoms in total. The monoisotopic (exact) mass is 407 g/mol. The van der Waals surface area contributed by atoms with Gasteiger partial charge in [0.2, 0.25) is 0 Å². The van der Waals surface area contributed by atoms with Crippen LogP contribution in [-0.2, 0) is 21.0 Å². The molecule has 3 aromatic rings. The zero-order valence-corrected chi connectivity index (χ0v) is 15.6. The van der Waals surface area contributed by atoms with Crippen molar-refractivity contribution in [2.24, 2.45) is 5.92 Å². The highest BCUT2D eigenvalue weighted by atomic mass is 32.2. The number of rotatable bonds is 4. The highest BCUT2D eigenvalue weighted by Gasteiger charge is 2.41. The van der Waals surface area contributed by atoms with Crippen molar-refractivity contribution in [1.29, 1.82) is 0 Å². The molecule has 0 saturated heterocycles. The van der Waals surface area contributed by atoms with Crippen molar-refractivity contribution in [3.8, 4) is 0 Å². The molecule has 0 spiro atoms. The maximum absolute atomic E-state index is 13.2. The summed E-state index contributed by atoms with van der Waals surface area (Å²) in [5.74, 6) is -0.561. The number of hydrogen-bond acceptors (Lipinski definition) is 3. The second-order valence-electron chi connectivity index (χ2n) is 7.07. The first-order chi connectivity index (χ1) is 13.1. The molecule has 0 N–H and O–H groups in total. The fourth-order valence-electron chi connectivity index (χ4n) is 3.44. The van der Waals surface area contributed by atoms with E-state index in [1.165, 1.54) is 24.4 Å². The summed E-state index contributed by atoms with van der Waals surface area (Å²) < 4.78 is 66.8. The molecule has 28 heavy (non-hydrogen) atoms. The summed E-state index contributed by atoms with van der Waals surface area (Å²) in [5.41, 5.74) is 0.655. The van der Waals surface area contributed by atoms with Gasteiger partial charge in [-0.1, -0.05) is 17.7 Å². The molecule has 146 valence electrons. The highest BCUT2D eigenvalue weighted by Crippen LogP contribution is 2.49. The number of aldehydes is 1. The molecule has 2 aromatic carbocycles. The van der Waals surface area contributed by atoms with E-state index in [1.807, 2.05) is 6.92 Å². The van der Waals surface area contributed by atoms with Crippen molar-refractivity contribution in [2.45, 2.75) is 30.3 Å². The van der Waals surface area contributed by atoms with E-state index in [-0.39, 0.29) is 27.6 Å². The third-order valence-electron chi connectivity index (χ3n) is 5.12. The van der Waals surface area contributed by atoms with E-state index in [4.69, 9.17) is 0 Å². The molecular formula is C20H16F3NO3S. The number of carbonyl (C=O) groups is 1. The topological polar surface area (TPSA) is 56.1 Å². The molecule has 1 aromatic heterocycles. The van der Waals surface area contributed by atoms with Crippen LogP contribution < -0.4 is 0 Å². The molecule has 0 aliphatic heterocycles. The van der Waals surface area contributed by atoms with Crippen LogP contribution in [0.15, 0.2) is 53.6 Å². The van der Waals surface area contributed by atoms with Gasteiger partial charge in [0.1, 0.15) is 6.29 Å². The van der Waals surface area contributed by atoms with Crippen molar-refractivity contribution < 1.29 is 26.4 Å². The summed E-state index contributed by atoms with van der Waals surface area (Å²) in [6, 6.07) is 9.25. The van der Waals surface area contributed by atoms with Gasteiger partial charge in [-0.05, 0) is 55.2 Å². The Morgan fingerprint density at radius 2 is 1.79 bits per heavy atom. The second kappa shape index (κ2) is 6.20. The number of carbonyl (C=O) groups excluding carboxylic acids is 1. The largest absolute Gasteiger partial charge is 0.416 e. The molecule has 1 aliphatic carbocycles. The summed E-state index contributed by atoms with van der Waals surface area (Å²) in [5, 5.41) is 0.208. The fourth-order valence-corrected chi connectivity index (χ4v) is 4.82. The van der Waals surface area contributed by atoms with Crippen molar-refractivity contribution in [2.75, 3.05) is 0 Å². The van der Waals surface area contributed by atoms with E-state index in [9.17, 15) is 26.4 Å². The Hall–Kier alpha value is -2.61. The smallest absolute Gasteiger partial charge is 0.303 e. The van der Waals surface area contributed by atoms with Gasteiger partial charge >= 0.3 is 6.18 Å². The van der Waals surface area contributed by atoms with Crippen LogP contribution in [0.4, 0.5) is 13.2 Å². The predicted octanol–water partition coefficient (Wildman–Crippen LogP) is 4.51. The summed E-state index contributed by atoms with van der Waals surface area (Å²) in [6.07, 6.45) is -1.93. The number of hydrogen-bond donors (Lipinski definition) is 0. The first kappa shape index (κ1) is 18.7. The molecule has 1 aliphatic rings. The highest BCUT2D eigenvalue weighted by molar-refractivity contribution is 7.90. The predicted molar refractivity (Wildman–Crippen MR) is 97.6 cm³/mol. The number of fused-ring (bicyclic) bond motifs is 1. The van der Waals surface area contributed by atoms with E-state index in [1.54, 1.807) is 12.1 Å². The van der Waals surface area contributed by atoms with Gasteiger partial charge in [-0.2, -0.15) is 13.2 Å². The molecule has 1 saturated carbocycles. The van der Waals surface area contributed by atoms with E-state index in [0.29, 0.717) is 12.0 Å². The molecule has 8 heteroatoms. The van der Waals surface area contributed by atoms with Crippen molar-refractivity contribution in [1.82, 2.24) is 3.97 Å². The maximum Gasteiger partial charge on any atom is 0.416 e. The summed E-state index contributed by atoms with van der Waals surface area (Å²) in [4.78, 5) is 11.1. The lowest BCUT2D eigenvalue weighted by Crippen LogP contribution is -2.12. The van der Waals surface area contributed by atoms with Crippen molar-refractivity contribution in [3.63, 3.8) is 0 Å². The van der Waals surface area contributed by atoms with Gasteiger partial charge in [-0.3, -0.25) is 0 Å². The van der Waals surface area contributed by atoms with Crippen molar-refractivity contribution >= 4 is 27.2 Å². The summed E-state index contributed by atoms with van der Waals surface area (Å²) in [6.45, 7) is 1.82. The fraction of sp³-hybridized carbons (Fsp3) is 0.250. The quantitative estimate of drug-likeness (QED) is 0.598. The minimum Gasteiger partial charge on any atom is -0.303 e. The number of aryl methyl sites for hydroxylation is 1. The Balaban J connectivity index is 1.94. The van der Waals surface area contributed by atoms with Gasteiger partial charge in [0.05, 0.1) is 16.0 Å². The number of nitrogens with zero attached hydrogens (tertiary/aromatic N) is 1. The Kier molecular flexibility index (Phi) is 4.15. The molecule has 0 bridgehead atoms. The van der Waals surface area contributed by atoms with Crippen LogP contribution in [0.3, 0.4) is 0 Å². The van der Waals surface area contributed by atoms with Crippen LogP contribution in [0.5, 0.6) is 0 Å². The van der Waals surface area contributed by atoms with Gasteiger partial charge in [-0.25, -0.2) is 12.4 Å². The zero-order chi connectivity index (χ0) is 20.3. The Bertz CT molecular complexity index is 1180. The van der Waals surface area contributed by atoms with E-state index >= 15 is 0 Å². The molecule has 0 amide bonds. The normalized spacial score (nSPS) is 19.7. The van der Waals surface area contributed by atoms with Crippen LogP contribution in [0.25, 0.3) is 10.9 Å². The Morgan fingerprint density at radius 1 is 1.11 bits per heavy atom. The van der Waals surface area contributed by atoms with Crippen LogP contribution in [0.2, 0.25) is 0 Å². The first-order valence-corrected chi connectivity index (χ1v) is 10.1. The van der Waals surface area contributed by atoms with Gasteiger partial charge in [0, 0.05) is 17.5 Å². The van der Waals surface area contributed by atoms with Gasteiger partial charge in [-0.15, -0.1) is 0 Å². The Labute approximate surface area is 159 Å². The summed E-state index contributed by atoms with van der Waals surface area (Å²) in [7, 11) is -3.99. The zero-order valence-electron chi connectivity index (χ0n) is 14.8.